The molecule has 0 bridgehead atoms. The Morgan fingerprint density at radius 1 is 1.10 bits per heavy atom. The molecule has 2 aromatic carbocycles. The highest BCUT2D eigenvalue weighted by Gasteiger charge is 2.22. The van der Waals surface area contributed by atoms with Gasteiger partial charge in [-0.3, -0.25) is 4.90 Å². The summed E-state index contributed by atoms with van der Waals surface area (Å²) in [4.78, 5) is 18.5. The number of likely N-dealkylation sites (tertiary alicyclic amines) is 1. The Morgan fingerprint density at radius 3 is 2.45 bits per heavy atom. The lowest BCUT2D eigenvalue weighted by Crippen LogP contribution is -2.33. The van der Waals surface area contributed by atoms with E-state index in [0.29, 0.717) is 11.5 Å². The number of aromatic nitrogens is 2. The average Bonchev–Trinajstić information content (AvgIpc) is 3.10. The Balaban J connectivity index is 1.45. The first-order valence-electron chi connectivity index (χ1n) is 10.6. The first-order valence-corrected chi connectivity index (χ1v) is 10.6. The molecule has 0 amide bonds. The molecule has 29 heavy (non-hydrogen) atoms. The smallest absolute Gasteiger partial charge is 0.335 e. The largest absolute Gasteiger partial charge is 0.478 e. The molecule has 5 nitrogen and oxygen atoms in total. The Morgan fingerprint density at radius 2 is 1.83 bits per heavy atom. The van der Waals surface area contributed by atoms with Crippen molar-refractivity contribution in [2.75, 3.05) is 13.1 Å². The molecule has 152 valence electrons. The molecule has 3 aromatic rings. The summed E-state index contributed by atoms with van der Waals surface area (Å²) < 4.78 is 2.20. The third-order valence-corrected chi connectivity index (χ3v) is 6.20. The van der Waals surface area contributed by atoms with Crippen molar-refractivity contribution in [2.24, 2.45) is 0 Å². The Bertz CT molecular complexity index is 999. The molecule has 0 radical (unpaired) electrons. The molecule has 1 aliphatic rings. The molecule has 0 unspecified atom stereocenters. The van der Waals surface area contributed by atoms with E-state index in [-0.39, 0.29) is 0 Å². The zero-order valence-corrected chi connectivity index (χ0v) is 17.3. The summed E-state index contributed by atoms with van der Waals surface area (Å²) in [6.45, 7) is 8.08. The molecule has 1 aromatic heterocycles. The van der Waals surface area contributed by atoms with Gasteiger partial charge in [-0.1, -0.05) is 31.2 Å². The summed E-state index contributed by atoms with van der Waals surface area (Å²) in [6.07, 6.45) is 3.42. The Labute approximate surface area is 172 Å². The van der Waals surface area contributed by atoms with E-state index in [2.05, 4.69) is 47.6 Å². The zero-order chi connectivity index (χ0) is 20.4. The predicted octanol–water partition coefficient (Wildman–Crippen LogP) is 4.70. The van der Waals surface area contributed by atoms with Gasteiger partial charge in [0.05, 0.1) is 23.1 Å². The van der Waals surface area contributed by atoms with Gasteiger partial charge in [0.1, 0.15) is 5.82 Å². The molecule has 1 fully saturated rings. The van der Waals surface area contributed by atoms with Crippen LogP contribution in [0.25, 0.3) is 11.0 Å². The van der Waals surface area contributed by atoms with Gasteiger partial charge in [0.25, 0.3) is 0 Å². The van der Waals surface area contributed by atoms with Crippen LogP contribution in [0.3, 0.4) is 0 Å². The quantitative estimate of drug-likeness (QED) is 0.662. The van der Waals surface area contributed by atoms with Crippen LogP contribution in [0.5, 0.6) is 0 Å². The van der Waals surface area contributed by atoms with E-state index in [1.54, 1.807) is 12.1 Å². The number of rotatable bonds is 6. The van der Waals surface area contributed by atoms with E-state index in [1.807, 2.05) is 6.07 Å². The van der Waals surface area contributed by atoms with Crippen LogP contribution < -0.4 is 0 Å². The summed E-state index contributed by atoms with van der Waals surface area (Å²) in [6, 6.07) is 14.3. The number of piperidine rings is 1. The number of carboxylic acid groups (broad SMARTS) is 1. The second-order valence-electron chi connectivity index (χ2n) is 7.93. The summed E-state index contributed by atoms with van der Waals surface area (Å²) in [5.41, 5.74) is 4.94. The van der Waals surface area contributed by atoms with Crippen molar-refractivity contribution >= 4 is 17.0 Å². The van der Waals surface area contributed by atoms with Gasteiger partial charge >= 0.3 is 5.97 Å². The number of carboxylic acids is 1. The number of benzene rings is 2. The maximum Gasteiger partial charge on any atom is 0.335 e. The van der Waals surface area contributed by atoms with E-state index >= 15 is 0 Å². The van der Waals surface area contributed by atoms with Crippen LogP contribution in [0.1, 0.15) is 59.9 Å². The third-order valence-electron chi connectivity index (χ3n) is 6.20. The average molecular weight is 392 g/mol. The maximum atomic E-state index is 11.3. The molecule has 0 saturated carbocycles. The van der Waals surface area contributed by atoms with Crippen LogP contribution in [0.15, 0.2) is 42.5 Å². The molecule has 0 spiro atoms. The van der Waals surface area contributed by atoms with E-state index < -0.39 is 5.97 Å². The summed E-state index contributed by atoms with van der Waals surface area (Å²) in [7, 11) is 0. The van der Waals surface area contributed by atoms with Gasteiger partial charge in [0, 0.05) is 6.54 Å². The topological polar surface area (TPSA) is 58.4 Å². The number of nitrogens with zero attached hydrogens (tertiary/aromatic N) is 3. The Hall–Kier alpha value is -2.66. The minimum Gasteiger partial charge on any atom is -0.478 e. The third kappa shape index (κ3) is 4.06. The van der Waals surface area contributed by atoms with Crippen molar-refractivity contribution in [1.29, 1.82) is 0 Å². The van der Waals surface area contributed by atoms with Crippen molar-refractivity contribution < 1.29 is 9.90 Å². The fourth-order valence-electron chi connectivity index (χ4n) is 4.44. The van der Waals surface area contributed by atoms with E-state index in [1.165, 1.54) is 24.0 Å². The van der Waals surface area contributed by atoms with Crippen molar-refractivity contribution in [3.8, 4) is 0 Å². The first kappa shape index (κ1) is 19.6. The van der Waals surface area contributed by atoms with Gasteiger partial charge in [-0.15, -0.1) is 0 Å². The van der Waals surface area contributed by atoms with Gasteiger partial charge in [-0.2, -0.15) is 0 Å². The highest BCUT2D eigenvalue weighted by atomic mass is 16.4. The lowest BCUT2D eigenvalue weighted by molar-refractivity contribution is 0.0697. The number of aryl methyl sites for hydroxylation is 2. The highest BCUT2D eigenvalue weighted by Crippen LogP contribution is 2.29. The number of carbonyl (C=O) groups is 1. The highest BCUT2D eigenvalue weighted by molar-refractivity contribution is 5.92. The number of fused-ring (bicyclic) bond motifs is 1. The van der Waals surface area contributed by atoms with Crippen molar-refractivity contribution in [2.45, 2.75) is 52.1 Å². The fraction of sp³-hybridized carbons (Fsp3) is 0.417. The van der Waals surface area contributed by atoms with Gasteiger partial charge in [-0.25, -0.2) is 9.78 Å². The molecular weight excluding hydrogens is 362 g/mol. The monoisotopic (exact) mass is 391 g/mol. The molecule has 4 rings (SSSR count). The van der Waals surface area contributed by atoms with Gasteiger partial charge in [0.2, 0.25) is 0 Å². The van der Waals surface area contributed by atoms with Crippen LogP contribution in [-0.2, 0) is 19.5 Å². The lowest BCUT2D eigenvalue weighted by atomic mass is 9.89. The van der Waals surface area contributed by atoms with Gasteiger partial charge in [-0.05, 0) is 74.5 Å². The number of imidazole rings is 1. The minimum absolute atomic E-state index is 0.291. The van der Waals surface area contributed by atoms with Crippen LogP contribution in [0.4, 0.5) is 0 Å². The van der Waals surface area contributed by atoms with Gasteiger partial charge in [0.15, 0.2) is 0 Å². The zero-order valence-electron chi connectivity index (χ0n) is 17.3. The second kappa shape index (κ2) is 8.37. The number of aromatic carboxylic acids is 1. The van der Waals surface area contributed by atoms with E-state index in [9.17, 15) is 9.90 Å². The molecule has 2 heterocycles. The Kier molecular flexibility index (Phi) is 5.67. The normalized spacial score (nSPS) is 15.8. The van der Waals surface area contributed by atoms with Gasteiger partial charge < -0.3 is 9.67 Å². The van der Waals surface area contributed by atoms with Crippen LogP contribution in [0.2, 0.25) is 0 Å². The summed E-state index contributed by atoms with van der Waals surface area (Å²) in [5, 5.41) is 9.24. The number of hydrogen-bond donors (Lipinski definition) is 1. The molecule has 5 heteroatoms. The molecule has 1 saturated heterocycles. The van der Waals surface area contributed by atoms with Crippen LogP contribution >= 0.6 is 0 Å². The lowest BCUT2D eigenvalue weighted by Gasteiger charge is -2.32. The molecule has 0 aliphatic carbocycles. The van der Waals surface area contributed by atoms with E-state index in [4.69, 9.17) is 4.98 Å². The summed E-state index contributed by atoms with van der Waals surface area (Å²) >= 11 is 0. The summed E-state index contributed by atoms with van der Waals surface area (Å²) in [5.74, 6) is 0.754. The molecule has 0 atom stereocenters. The fourth-order valence-corrected chi connectivity index (χ4v) is 4.44. The van der Waals surface area contributed by atoms with Crippen molar-refractivity contribution in [3.63, 3.8) is 0 Å². The predicted molar refractivity (Wildman–Crippen MR) is 115 cm³/mol. The minimum atomic E-state index is -0.909. The molecule has 1 aliphatic heterocycles. The van der Waals surface area contributed by atoms with Crippen molar-refractivity contribution in [3.05, 3.63) is 65.0 Å². The first-order chi connectivity index (χ1) is 14.1. The second-order valence-corrected chi connectivity index (χ2v) is 7.93. The maximum absolute atomic E-state index is 11.3. The molecular formula is C24H29N3O2. The number of hydrogen-bond acceptors (Lipinski definition) is 3. The van der Waals surface area contributed by atoms with Crippen LogP contribution in [-0.4, -0.2) is 38.6 Å². The van der Waals surface area contributed by atoms with Crippen LogP contribution in [0, 0.1) is 0 Å². The molecule has 1 N–H and O–H groups in total. The van der Waals surface area contributed by atoms with Crippen molar-refractivity contribution in [1.82, 2.24) is 14.5 Å². The van der Waals surface area contributed by atoms with E-state index in [0.717, 1.165) is 49.5 Å². The SMILES string of the molecule is CCc1ccc(C2CCN(Cc3nc4cc(C(=O)O)ccc4n3CC)CC2)cc1. The standard InChI is InChI=1S/C24H29N3O2/c1-3-17-5-7-18(8-6-17)19-11-13-26(14-12-19)16-23-25-21-15-20(24(28)29)9-10-22(21)27(23)4-2/h5-10,15,19H,3-4,11-14,16H2,1-2H3,(H,28,29).